The van der Waals surface area contributed by atoms with E-state index in [2.05, 4.69) is 15.9 Å². The normalized spacial score (nSPS) is 11.5. The number of benzene rings is 1. The van der Waals surface area contributed by atoms with Crippen LogP contribution in [-0.2, 0) is 14.8 Å². The predicted octanol–water partition coefficient (Wildman–Crippen LogP) is 2.22. The number of hydrogen-bond acceptors (Lipinski definition) is 3. The molecule has 0 unspecified atom stereocenters. The molecule has 3 nitrogen and oxygen atoms in total. The van der Waals surface area contributed by atoms with E-state index in [0.717, 1.165) is 0 Å². The Morgan fingerprint density at radius 1 is 1.46 bits per heavy atom. The lowest BCUT2D eigenvalue weighted by Crippen LogP contribution is -1.95. The van der Waals surface area contributed by atoms with Crippen molar-refractivity contribution in [2.24, 2.45) is 0 Å². The Morgan fingerprint density at radius 3 is 2.62 bits per heavy atom. The van der Waals surface area contributed by atoms with Crippen LogP contribution < -0.4 is 0 Å². The summed E-state index contributed by atoms with van der Waals surface area (Å²) in [7, 11) is 1.48. The number of phenolic OH excluding ortho intramolecular Hbond substituents is 1. The van der Waals surface area contributed by atoms with Crippen molar-refractivity contribution >= 4 is 35.7 Å². The van der Waals surface area contributed by atoms with E-state index < -0.39 is 9.05 Å². The minimum absolute atomic E-state index is 0.0125. The Labute approximate surface area is 88.9 Å². The molecule has 0 spiro atoms. The van der Waals surface area contributed by atoms with Crippen molar-refractivity contribution in [3.05, 3.63) is 28.2 Å². The van der Waals surface area contributed by atoms with Crippen molar-refractivity contribution in [3.63, 3.8) is 0 Å². The van der Waals surface area contributed by atoms with E-state index in [9.17, 15) is 8.42 Å². The lowest BCUT2D eigenvalue weighted by atomic mass is 10.2. The summed E-state index contributed by atoms with van der Waals surface area (Å²) in [5, 5.41) is 9.08. The van der Waals surface area contributed by atoms with Gasteiger partial charge in [0.1, 0.15) is 5.75 Å². The maximum Gasteiger partial charge on any atom is 0.236 e. The summed E-state index contributed by atoms with van der Waals surface area (Å²) in [6.07, 6.45) is 0. The second-order valence-electron chi connectivity index (χ2n) is 2.46. The molecule has 0 aliphatic carbocycles. The Bertz CT molecular complexity index is 416. The van der Waals surface area contributed by atoms with Gasteiger partial charge < -0.3 is 5.11 Å². The first-order valence-corrected chi connectivity index (χ1v) is 6.55. The third-order valence-electron chi connectivity index (χ3n) is 1.36. The van der Waals surface area contributed by atoms with Crippen molar-refractivity contribution in [1.82, 2.24) is 0 Å². The second kappa shape index (κ2) is 3.86. The van der Waals surface area contributed by atoms with Crippen molar-refractivity contribution < 1.29 is 13.5 Å². The molecule has 1 N–H and O–H groups in total. The molecule has 6 heteroatoms. The molecule has 1 rings (SSSR count). The molecule has 0 saturated heterocycles. The predicted molar refractivity (Wildman–Crippen MR) is 54.3 cm³/mol. The number of rotatable bonds is 2. The van der Waals surface area contributed by atoms with Gasteiger partial charge in [-0.15, -0.1) is 0 Å². The van der Waals surface area contributed by atoms with E-state index in [-0.39, 0.29) is 11.5 Å². The molecule has 0 aromatic heterocycles. The Hall–Kier alpha value is -0.260. The summed E-state index contributed by atoms with van der Waals surface area (Å²) in [5.41, 5.74) is 0.440. The van der Waals surface area contributed by atoms with Gasteiger partial charge in [-0.25, -0.2) is 8.42 Å². The van der Waals surface area contributed by atoms with Crippen molar-refractivity contribution in [2.75, 3.05) is 0 Å². The largest absolute Gasteiger partial charge is 0.508 e. The Balaban J connectivity index is 3.08. The first-order chi connectivity index (χ1) is 5.88. The highest BCUT2D eigenvalue weighted by molar-refractivity contribution is 9.10. The molecular weight excluding hydrogens is 279 g/mol. The van der Waals surface area contributed by atoms with Gasteiger partial charge >= 0.3 is 0 Å². The summed E-state index contributed by atoms with van der Waals surface area (Å²) in [5.74, 6) is -0.290. The van der Waals surface area contributed by atoms with E-state index in [0.29, 0.717) is 10.0 Å². The molecule has 1 aromatic rings. The highest BCUT2D eigenvalue weighted by atomic mass is 79.9. The minimum Gasteiger partial charge on any atom is -0.508 e. The van der Waals surface area contributed by atoms with Gasteiger partial charge in [0, 0.05) is 15.2 Å². The fourth-order valence-electron chi connectivity index (χ4n) is 0.858. The monoisotopic (exact) mass is 284 g/mol. The van der Waals surface area contributed by atoms with Crippen molar-refractivity contribution in [3.8, 4) is 5.75 Å². The van der Waals surface area contributed by atoms with Crippen LogP contribution in [0.1, 0.15) is 5.56 Å². The van der Waals surface area contributed by atoms with Gasteiger partial charge in [-0.1, -0.05) is 15.9 Å². The van der Waals surface area contributed by atoms with Crippen LogP contribution in [0.5, 0.6) is 5.75 Å². The number of hydrogen-bond donors (Lipinski definition) is 1. The molecule has 72 valence electrons. The standard InChI is InChI=1S/C7H6BrClO3S/c8-7-2-1-6(10)3-5(7)4-13(9,11)12/h1-3,10H,4H2. The van der Waals surface area contributed by atoms with Crippen LogP contribution in [0, 0.1) is 0 Å². The summed E-state index contributed by atoms with van der Waals surface area (Å²) in [6, 6.07) is 4.37. The minimum atomic E-state index is -3.59. The highest BCUT2D eigenvalue weighted by Crippen LogP contribution is 2.24. The SMILES string of the molecule is O=S(=O)(Cl)Cc1cc(O)ccc1Br. The molecule has 13 heavy (non-hydrogen) atoms. The van der Waals surface area contributed by atoms with Gasteiger partial charge in [-0.3, -0.25) is 0 Å². The zero-order valence-corrected chi connectivity index (χ0v) is 9.53. The molecule has 0 radical (unpaired) electrons. The average molecular weight is 286 g/mol. The molecule has 1 aromatic carbocycles. The van der Waals surface area contributed by atoms with E-state index in [1.807, 2.05) is 0 Å². The first-order valence-electron chi connectivity index (χ1n) is 3.28. The molecule has 0 heterocycles. The number of halogens is 2. The van der Waals surface area contributed by atoms with Gasteiger partial charge in [0.25, 0.3) is 0 Å². The molecule has 0 amide bonds. The molecule has 0 fully saturated rings. The number of aromatic hydroxyl groups is 1. The molecule has 0 saturated carbocycles. The topological polar surface area (TPSA) is 54.4 Å². The molecule has 0 aliphatic rings. The van der Waals surface area contributed by atoms with Crippen LogP contribution in [0.15, 0.2) is 22.7 Å². The van der Waals surface area contributed by atoms with Gasteiger partial charge in [0.15, 0.2) is 0 Å². The summed E-state index contributed by atoms with van der Waals surface area (Å²) < 4.78 is 22.1. The van der Waals surface area contributed by atoms with Crippen LogP contribution in [-0.4, -0.2) is 13.5 Å². The van der Waals surface area contributed by atoms with E-state index in [1.54, 1.807) is 6.07 Å². The zero-order chi connectivity index (χ0) is 10.1. The molecule has 0 atom stereocenters. The summed E-state index contributed by atoms with van der Waals surface area (Å²) in [6.45, 7) is 0. The van der Waals surface area contributed by atoms with Gasteiger partial charge in [0.05, 0.1) is 5.75 Å². The van der Waals surface area contributed by atoms with Gasteiger partial charge in [0.2, 0.25) is 9.05 Å². The molecule has 0 bridgehead atoms. The van der Waals surface area contributed by atoms with Crippen LogP contribution in [0.25, 0.3) is 0 Å². The lowest BCUT2D eigenvalue weighted by molar-refractivity contribution is 0.474. The summed E-state index contributed by atoms with van der Waals surface area (Å²) >= 11 is 3.15. The van der Waals surface area contributed by atoms with Crippen molar-refractivity contribution in [1.29, 1.82) is 0 Å². The summed E-state index contributed by atoms with van der Waals surface area (Å²) in [4.78, 5) is 0. The van der Waals surface area contributed by atoms with E-state index >= 15 is 0 Å². The fraction of sp³-hybridized carbons (Fsp3) is 0.143. The third-order valence-corrected chi connectivity index (χ3v) is 3.11. The van der Waals surface area contributed by atoms with Gasteiger partial charge in [-0.2, -0.15) is 0 Å². The smallest absolute Gasteiger partial charge is 0.236 e. The maximum absolute atomic E-state index is 10.7. The van der Waals surface area contributed by atoms with Crippen LogP contribution in [0.4, 0.5) is 0 Å². The number of phenols is 1. The van der Waals surface area contributed by atoms with E-state index in [1.165, 1.54) is 12.1 Å². The maximum atomic E-state index is 10.7. The van der Waals surface area contributed by atoms with Crippen LogP contribution in [0.3, 0.4) is 0 Å². The third kappa shape index (κ3) is 3.54. The van der Waals surface area contributed by atoms with Crippen LogP contribution in [0.2, 0.25) is 0 Å². The lowest BCUT2D eigenvalue weighted by Gasteiger charge is -2.01. The Morgan fingerprint density at radius 2 is 2.08 bits per heavy atom. The Kier molecular flexibility index (Phi) is 3.21. The first kappa shape index (κ1) is 10.8. The van der Waals surface area contributed by atoms with Crippen LogP contribution >= 0.6 is 26.6 Å². The van der Waals surface area contributed by atoms with Crippen molar-refractivity contribution in [2.45, 2.75) is 5.75 Å². The quantitative estimate of drug-likeness (QED) is 0.848. The average Bonchev–Trinajstić information content (AvgIpc) is 1.94. The van der Waals surface area contributed by atoms with E-state index in [4.69, 9.17) is 15.8 Å². The highest BCUT2D eigenvalue weighted by Gasteiger charge is 2.10. The fourth-order valence-corrected chi connectivity index (χ4v) is 2.39. The second-order valence-corrected chi connectivity index (χ2v) is 6.09. The molecular formula is C7H6BrClO3S. The van der Waals surface area contributed by atoms with Gasteiger partial charge in [-0.05, 0) is 23.8 Å². The zero-order valence-electron chi connectivity index (χ0n) is 6.37. The molecule has 0 aliphatic heterocycles.